The monoisotopic (exact) mass is 313 g/mol. The number of likely N-dealkylation sites (tertiary alicyclic amines) is 1. The molecule has 126 valence electrons. The zero-order valence-corrected chi connectivity index (χ0v) is 14.9. The van der Waals surface area contributed by atoms with Gasteiger partial charge in [0.25, 0.3) is 0 Å². The Bertz CT molecular complexity index is 657. The van der Waals surface area contributed by atoms with E-state index in [9.17, 15) is 0 Å². The van der Waals surface area contributed by atoms with Crippen LogP contribution in [0.5, 0.6) is 0 Å². The number of benzene rings is 1. The van der Waals surface area contributed by atoms with E-state index in [0.717, 1.165) is 13.0 Å². The zero-order chi connectivity index (χ0) is 16.4. The van der Waals surface area contributed by atoms with Gasteiger partial charge in [0.15, 0.2) is 0 Å². The van der Waals surface area contributed by atoms with Crippen molar-refractivity contribution in [1.29, 1.82) is 0 Å². The van der Waals surface area contributed by atoms with Crippen molar-refractivity contribution < 1.29 is 0 Å². The molecule has 1 saturated heterocycles. The van der Waals surface area contributed by atoms with Crippen LogP contribution in [0.2, 0.25) is 0 Å². The molecule has 1 aromatic heterocycles. The average molecular weight is 313 g/mol. The minimum Gasteiger partial charge on any atom is -0.346 e. The number of fused-ring (bicyclic) bond motifs is 1. The number of hydrogen-bond donors (Lipinski definition) is 1. The zero-order valence-electron chi connectivity index (χ0n) is 14.9. The van der Waals surface area contributed by atoms with Crippen LogP contribution in [0.1, 0.15) is 44.7 Å². The summed E-state index contributed by atoms with van der Waals surface area (Å²) in [7, 11) is 0. The highest BCUT2D eigenvalue weighted by Crippen LogP contribution is 2.29. The van der Waals surface area contributed by atoms with Crippen LogP contribution >= 0.6 is 0 Å². The summed E-state index contributed by atoms with van der Waals surface area (Å²) in [4.78, 5) is 2.60. The molecule has 0 amide bonds. The Morgan fingerprint density at radius 2 is 1.83 bits per heavy atom. The number of hydrogen-bond acceptors (Lipinski definition) is 2. The van der Waals surface area contributed by atoms with Gasteiger partial charge in [-0.2, -0.15) is 0 Å². The average Bonchev–Trinajstić information content (AvgIpc) is 3.12. The molecule has 0 spiro atoms. The first-order valence-corrected chi connectivity index (χ1v) is 9.04. The molecule has 0 aliphatic carbocycles. The second kappa shape index (κ2) is 6.66. The van der Waals surface area contributed by atoms with E-state index in [1.54, 1.807) is 0 Å². The highest BCUT2D eigenvalue weighted by Gasteiger charge is 2.17. The largest absolute Gasteiger partial charge is 0.346 e. The number of nitrogens with zero attached hydrogens (tertiary/aromatic N) is 2. The fourth-order valence-corrected chi connectivity index (χ4v) is 3.65. The van der Waals surface area contributed by atoms with Crippen LogP contribution in [-0.2, 0) is 18.4 Å². The van der Waals surface area contributed by atoms with Gasteiger partial charge in [0, 0.05) is 36.7 Å². The van der Waals surface area contributed by atoms with E-state index in [-0.39, 0.29) is 5.41 Å². The molecule has 0 unspecified atom stereocenters. The first kappa shape index (κ1) is 16.5. The molecule has 0 bridgehead atoms. The summed E-state index contributed by atoms with van der Waals surface area (Å²) in [6, 6.07) is 6.96. The minimum absolute atomic E-state index is 0.191. The van der Waals surface area contributed by atoms with E-state index >= 15 is 0 Å². The van der Waals surface area contributed by atoms with Gasteiger partial charge in [-0.3, -0.25) is 0 Å². The summed E-state index contributed by atoms with van der Waals surface area (Å²) in [6.07, 6.45) is 6.20. The second-order valence-corrected chi connectivity index (χ2v) is 7.92. The smallest absolute Gasteiger partial charge is 0.0483 e. The Balaban J connectivity index is 1.93. The maximum absolute atomic E-state index is 5.80. The van der Waals surface area contributed by atoms with E-state index in [2.05, 4.69) is 54.6 Å². The van der Waals surface area contributed by atoms with Gasteiger partial charge < -0.3 is 15.2 Å². The second-order valence-electron chi connectivity index (χ2n) is 7.92. The molecular formula is C20H31N3. The normalized spacial score (nSPS) is 16.5. The predicted molar refractivity (Wildman–Crippen MR) is 99.1 cm³/mol. The quantitative estimate of drug-likeness (QED) is 0.916. The first-order valence-electron chi connectivity index (χ1n) is 9.04. The highest BCUT2D eigenvalue weighted by atomic mass is 15.1. The van der Waals surface area contributed by atoms with Crippen LogP contribution in [-0.4, -0.2) is 35.6 Å². The number of aromatic nitrogens is 1. The van der Waals surface area contributed by atoms with Crippen LogP contribution in [0.15, 0.2) is 24.4 Å². The Morgan fingerprint density at radius 1 is 1.09 bits per heavy atom. The van der Waals surface area contributed by atoms with Crippen molar-refractivity contribution in [2.75, 3.05) is 26.2 Å². The molecule has 2 aromatic rings. The maximum Gasteiger partial charge on any atom is 0.0483 e. The Kier molecular flexibility index (Phi) is 4.79. The lowest BCUT2D eigenvalue weighted by atomic mass is 9.86. The van der Waals surface area contributed by atoms with Crippen molar-refractivity contribution in [2.45, 2.75) is 52.0 Å². The molecule has 2 N–H and O–H groups in total. The molecule has 1 fully saturated rings. The Hall–Kier alpha value is -1.32. The lowest BCUT2D eigenvalue weighted by molar-refractivity contribution is 0.344. The third-order valence-corrected chi connectivity index (χ3v) is 5.10. The van der Waals surface area contributed by atoms with E-state index in [1.165, 1.54) is 54.5 Å². The molecule has 1 aliphatic rings. The summed E-state index contributed by atoms with van der Waals surface area (Å²) in [5, 5.41) is 1.42. The summed E-state index contributed by atoms with van der Waals surface area (Å²) < 4.78 is 2.33. The van der Waals surface area contributed by atoms with Crippen LogP contribution < -0.4 is 5.73 Å². The standard InChI is InChI=1S/C20H31N3/c1-20(2,3)17-6-7-19-18(14-17)16(15-23(19)13-9-21)8-12-22-10-4-5-11-22/h6-7,14-15H,4-5,8-13,21H2,1-3H3. The molecule has 1 aliphatic heterocycles. The van der Waals surface area contributed by atoms with Gasteiger partial charge in [-0.25, -0.2) is 0 Å². The molecule has 0 atom stereocenters. The molecule has 3 rings (SSSR count). The SMILES string of the molecule is CC(C)(C)c1ccc2c(c1)c(CCN1CCCC1)cn2CCN. The number of nitrogens with two attached hydrogens (primary N) is 1. The van der Waals surface area contributed by atoms with Gasteiger partial charge in [0.05, 0.1) is 0 Å². The molecule has 0 radical (unpaired) electrons. The van der Waals surface area contributed by atoms with E-state index in [1.807, 2.05) is 0 Å². The van der Waals surface area contributed by atoms with Crippen molar-refractivity contribution in [3.8, 4) is 0 Å². The Morgan fingerprint density at radius 3 is 2.48 bits per heavy atom. The van der Waals surface area contributed by atoms with Crippen molar-refractivity contribution >= 4 is 10.9 Å². The van der Waals surface area contributed by atoms with Gasteiger partial charge >= 0.3 is 0 Å². The molecule has 3 heteroatoms. The minimum atomic E-state index is 0.191. The predicted octanol–water partition coefficient (Wildman–Crippen LogP) is 3.54. The Labute approximate surface area is 140 Å². The van der Waals surface area contributed by atoms with Gasteiger partial charge in [-0.1, -0.05) is 26.8 Å². The third-order valence-electron chi connectivity index (χ3n) is 5.10. The van der Waals surface area contributed by atoms with Crippen LogP contribution in [0.4, 0.5) is 0 Å². The lowest BCUT2D eigenvalue weighted by Gasteiger charge is -2.19. The highest BCUT2D eigenvalue weighted by molar-refractivity contribution is 5.85. The molecule has 2 heterocycles. The molecular weight excluding hydrogens is 282 g/mol. The van der Waals surface area contributed by atoms with Gasteiger partial charge in [-0.15, -0.1) is 0 Å². The van der Waals surface area contributed by atoms with Crippen molar-refractivity contribution in [2.24, 2.45) is 5.73 Å². The lowest BCUT2D eigenvalue weighted by Crippen LogP contribution is -2.21. The first-order chi connectivity index (χ1) is 11.0. The fraction of sp³-hybridized carbons (Fsp3) is 0.600. The van der Waals surface area contributed by atoms with Crippen molar-refractivity contribution in [3.63, 3.8) is 0 Å². The summed E-state index contributed by atoms with van der Waals surface area (Å²) in [5.74, 6) is 0. The van der Waals surface area contributed by atoms with Gasteiger partial charge in [-0.05, 0) is 61.0 Å². The van der Waals surface area contributed by atoms with E-state index in [4.69, 9.17) is 5.73 Å². The van der Waals surface area contributed by atoms with Crippen LogP contribution in [0, 0.1) is 0 Å². The number of rotatable bonds is 5. The molecule has 0 saturated carbocycles. The maximum atomic E-state index is 5.80. The van der Waals surface area contributed by atoms with Crippen molar-refractivity contribution in [1.82, 2.24) is 9.47 Å². The summed E-state index contributed by atoms with van der Waals surface area (Å²) in [5.41, 5.74) is 10.2. The molecule has 23 heavy (non-hydrogen) atoms. The topological polar surface area (TPSA) is 34.2 Å². The van der Waals surface area contributed by atoms with Crippen LogP contribution in [0.25, 0.3) is 10.9 Å². The van der Waals surface area contributed by atoms with Crippen LogP contribution in [0.3, 0.4) is 0 Å². The summed E-state index contributed by atoms with van der Waals surface area (Å²) in [6.45, 7) is 12.2. The van der Waals surface area contributed by atoms with E-state index < -0.39 is 0 Å². The molecule has 3 nitrogen and oxygen atoms in total. The summed E-state index contributed by atoms with van der Waals surface area (Å²) >= 11 is 0. The van der Waals surface area contributed by atoms with Gasteiger partial charge in [0.2, 0.25) is 0 Å². The van der Waals surface area contributed by atoms with Crippen molar-refractivity contribution in [3.05, 3.63) is 35.5 Å². The van der Waals surface area contributed by atoms with E-state index in [0.29, 0.717) is 6.54 Å². The van der Waals surface area contributed by atoms with Gasteiger partial charge in [0.1, 0.15) is 0 Å². The third kappa shape index (κ3) is 3.61. The fourth-order valence-electron chi connectivity index (χ4n) is 3.65. The molecule has 1 aromatic carbocycles.